The second kappa shape index (κ2) is 3.42. The van der Waals surface area contributed by atoms with Crippen molar-refractivity contribution in [2.24, 2.45) is 0 Å². The third kappa shape index (κ3) is 1.63. The van der Waals surface area contributed by atoms with Crippen molar-refractivity contribution in [3.63, 3.8) is 0 Å². The van der Waals surface area contributed by atoms with Crippen LogP contribution in [0.4, 0.5) is 4.79 Å². The topological polar surface area (TPSA) is 63.6 Å². The van der Waals surface area contributed by atoms with Gasteiger partial charge in [-0.25, -0.2) is 4.79 Å². The quantitative estimate of drug-likeness (QED) is 0.725. The van der Waals surface area contributed by atoms with Crippen LogP contribution in [0.15, 0.2) is 6.07 Å². The molecular weight excluding hydrogens is 204 g/mol. The van der Waals surface area contributed by atoms with Gasteiger partial charge < -0.3 is 9.84 Å². The minimum Gasteiger partial charge on any atom is -0.449 e. The van der Waals surface area contributed by atoms with E-state index in [1.807, 2.05) is 0 Å². The molecule has 0 unspecified atom stereocenters. The van der Waals surface area contributed by atoms with Crippen molar-refractivity contribution in [3.05, 3.63) is 16.5 Å². The third-order valence-electron chi connectivity index (χ3n) is 2.08. The maximum atomic E-state index is 11.4. The van der Waals surface area contributed by atoms with Gasteiger partial charge in [0.15, 0.2) is 10.8 Å². The molecular formula is C9H8O4S. The Hall–Kier alpha value is -1.36. The Morgan fingerprint density at radius 2 is 2.29 bits per heavy atom. The van der Waals surface area contributed by atoms with Gasteiger partial charge in [-0.15, -0.1) is 11.3 Å². The third-order valence-corrected chi connectivity index (χ3v) is 3.16. The molecule has 1 heterocycles. The van der Waals surface area contributed by atoms with E-state index in [9.17, 15) is 9.59 Å². The lowest BCUT2D eigenvalue weighted by Crippen LogP contribution is -2.06. The molecule has 0 aliphatic heterocycles. The Bertz CT molecular complexity index is 394. The molecule has 1 aromatic rings. The largest absolute Gasteiger partial charge is 0.512 e. The molecule has 0 amide bonds. The van der Waals surface area contributed by atoms with E-state index in [1.165, 1.54) is 17.4 Å². The molecule has 0 bridgehead atoms. The van der Waals surface area contributed by atoms with Gasteiger partial charge in [0.25, 0.3) is 0 Å². The van der Waals surface area contributed by atoms with E-state index in [-0.39, 0.29) is 10.8 Å². The maximum Gasteiger partial charge on any atom is 0.512 e. The Morgan fingerprint density at radius 1 is 1.50 bits per heavy atom. The molecule has 1 N–H and O–H groups in total. The Morgan fingerprint density at radius 3 is 2.93 bits per heavy atom. The number of ether oxygens (including phenoxy) is 1. The van der Waals surface area contributed by atoms with Gasteiger partial charge in [0.2, 0.25) is 0 Å². The number of carbonyl (C=O) groups excluding carboxylic acids is 1. The van der Waals surface area contributed by atoms with Crippen LogP contribution in [0.5, 0.6) is 5.06 Å². The van der Waals surface area contributed by atoms with Crippen LogP contribution in [-0.4, -0.2) is 17.0 Å². The van der Waals surface area contributed by atoms with Crippen LogP contribution in [0.3, 0.4) is 0 Å². The van der Waals surface area contributed by atoms with Gasteiger partial charge in [-0.1, -0.05) is 0 Å². The monoisotopic (exact) mass is 212 g/mol. The number of aryl methyl sites for hydroxylation is 1. The minimum absolute atomic E-state index is 0.0859. The van der Waals surface area contributed by atoms with Crippen LogP contribution in [0.1, 0.15) is 28.1 Å². The highest BCUT2D eigenvalue weighted by molar-refractivity contribution is 7.14. The summed E-state index contributed by atoms with van der Waals surface area (Å²) in [4.78, 5) is 22.6. The summed E-state index contributed by atoms with van der Waals surface area (Å²) in [5.74, 6) is 0.0859. The van der Waals surface area contributed by atoms with E-state index < -0.39 is 6.16 Å². The molecule has 1 aliphatic carbocycles. The summed E-state index contributed by atoms with van der Waals surface area (Å²) >= 11 is 1.24. The predicted molar refractivity (Wildman–Crippen MR) is 50.2 cm³/mol. The SMILES string of the molecule is O=C(O)Oc1cc2c(s1)CCCC2=O. The maximum absolute atomic E-state index is 11.4. The smallest absolute Gasteiger partial charge is 0.449 e. The highest BCUT2D eigenvalue weighted by Crippen LogP contribution is 2.34. The highest BCUT2D eigenvalue weighted by Gasteiger charge is 2.21. The summed E-state index contributed by atoms with van der Waals surface area (Å²) < 4.78 is 4.50. The number of carbonyl (C=O) groups is 2. The van der Waals surface area contributed by atoms with E-state index >= 15 is 0 Å². The first-order valence-corrected chi connectivity index (χ1v) is 5.05. The first-order chi connectivity index (χ1) is 6.66. The zero-order valence-corrected chi connectivity index (χ0v) is 8.10. The van der Waals surface area contributed by atoms with Crippen molar-refractivity contribution in [3.8, 4) is 5.06 Å². The average Bonchev–Trinajstić information content (AvgIpc) is 2.47. The summed E-state index contributed by atoms with van der Waals surface area (Å²) in [6.45, 7) is 0. The van der Waals surface area contributed by atoms with E-state index in [4.69, 9.17) is 5.11 Å². The molecule has 1 aliphatic rings. The molecule has 74 valence electrons. The molecule has 2 rings (SSSR count). The highest BCUT2D eigenvalue weighted by atomic mass is 32.1. The summed E-state index contributed by atoms with van der Waals surface area (Å²) in [5.41, 5.74) is 0.637. The zero-order chi connectivity index (χ0) is 10.1. The van der Waals surface area contributed by atoms with Crippen molar-refractivity contribution in [1.29, 1.82) is 0 Å². The van der Waals surface area contributed by atoms with E-state index in [1.54, 1.807) is 0 Å². The number of rotatable bonds is 1. The molecule has 0 spiro atoms. The van der Waals surface area contributed by atoms with Crippen molar-refractivity contribution < 1.29 is 19.4 Å². The first-order valence-electron chi connectivity index (χ1n) is 4.23. The summed E-state index contributed by atoms with van der Waals surface area (Å²) in [5, 5.41) is 8.68. The first kappa shape index (κ1) is 9.21. The summed E-state index contributed by atoms with van der Waals surface area (Å²) in [6, 6.07) is 1.52. The van der Waals surface area contributed by atoms with Crippen LogP contribution in [0.25, 0.3) is 0 Å². The Balaban J connectivity index is 2.30. The number of carboxylic acid groups (broad SMARTS) is 1. The van der Waals surface area contributed by atoms with E-state index in [0.29, 0.717) is 12.0 Å². The molecule has 4 nitrogen and oxygen atoms in total. The second-order valence-corrected chi connectivity index (χ2v) is 4.15. The standard InChI is InChI=1S/C9H8O4S/c10-6-2-1-3-7-5(6)4-8(14-7)13-9(11)12/h4H,1-3H2,(H,11,12). The molecule has 14 heavy (non-hydrogen) atoms. The van der Waals surface area contributed by atoms with Crippen LogP contribution in [-0.2, 0) is 6.42 Å². The van der Waals surface area contributed by atoms with Crippen LogP contribution in [0, 0.1) is 0 Å². The summed E-state index contributed by atoms with van der Waals surface area (Å²) in [6.07, 6.45) is 0.903. The van der Waals surface area contributed by atoms with Gasteiger partial charge in [0.1, 0.15) is 0 Å². The lowest BCUT2D eigenvalue weighted by atomic mass is 9.98. The van der Waals surface area contributed by atoms with Crippen molar-refractivity contribution >= 4 is 23.3 Å². The molecule has 0 aromatic carbocycles. The minimum atomic E-state index is -1.34. The van der Waals surface area contributed by atoms with Crippen LogP contribution >= 0.6 is 11.3 Å². The molecule has 0 saturated heterocycles. The molecule has 0 saturated carbocycles. The molecule has 0 atom stereocenters. The predicted octanol–water partition coefficient (Wildman–Crippen LogP) is 2.32. The van der Waals surface area contributed by atoms with Crippen molar-refractivity contribution in [2.45, 2.75) is 19.3 Å². The number of fused-ring (bicyclic) bond motifs is 1. The molecule has 5 heteroatoms. The normalized spacial score (nSPS) is 15.0. The average molecular weight is 212 g/mol. The molecule has 0 radical (unpaired) electrons. The number of hydrogen-bond acceptors (Lipinski definition) is 4. The lowest BCUT2D eigenvalue weighted by Gasteiger charge is -2.07. The van der Waals surface area contributed by atoms with Gasteiger partial charge >= 0.3 is 6.16 Å². The fourth-order valence-electron chi connectivity index (χ4n) is 1.51. The van der Waals surface area contributed by atoms with Gasteiger partial charge in [-0.2, -0.15) is 0 Å². The van der Waals surface area contributed by atoms with Crippen molar-refractivity contribution in [2.75, 3.05) is 0 Å². The van der Waals surface area contributed by atoms with Crippen LogP contribution < -0.4 is 4.74 Å². The van der Waals surface area contributed by atoms with Gasteiger partial charge in [-0.3, -0.25) is 4.79 Å². The summed E-state index contributed by atoms with van der Waals surface area (Å²) in [7, 11) is 0. The lowest BCUT2D eigenvalue weighted by molar-refractivity contribution is 0.0972. The van der Waals surface area contributed by atoms with Crippen molar-refractivity contribution in [1.82, 2.24) is 0 Å². The fraction of sp³-hybridized carbons (Fsp3) is 0.333. The van der Waals surface area contributed by atoms with E-state index in [2.05, 4.69) is 4.74 Å². The Kier molecular flexibility index (Phi) is 2.25. The molecule has 0 fully saturated rings. The number of thiophene rings is 1. The Labute approximate surface area is 84.1 Å². The number of Topliss-reactive ketones (excluding diaryl/α,β-unsaturated/α-hetero) is 1. The van der Waals surface area contributed by atoms with Gasteiger partial charge in [0.05, 0.1) is 0 Å². The number of hydrogen-bond donors (Lipinski definition) is 1. The van der Waals surface area contributed by atoms with E-state index in [0.717, 1.165) is 17.7 Å². The van der Waals surface area contributed by atoms with Gasteiger partial charge in [-0.05, 0) is 12.8 Å². The second-order valence-electron chi connectivity index (χ2n) is 3.05. The van der Waals surface area contributed by atoms with Gasteiger partial charge in [0, 0.05) is 22.9 Å². The number of ketones is 1. The zero-order valence-electron chi connectivity index (χ0n) is 7.28. The van der Waals surface area contributed by atoms with Crippen LogP contribution in [0.2, 0.25) is 0 Å². The molecule has 1 aromatic heterocycles. The fourth-order valence-corrected chi connectivity index (χ4v) is 2.57.